The third kappa shape index (κ3) is 5.93. The van der Waals surface area contributed by atoms with Gasteiger partial charge in [-0.15, -0.1) is 0 Å². The van der Waals surface area contributed by atoms with Crippen LogP contribution in [0.4, 0.5) is 0 Å². The lowest BCUT2D eigenvalue weighted by Gasteiger charge is -2.23. The smallest absolute Gasteiger partial charge is 0.150 e. The monoisotopic (exact) mass is 293 g/mol. The Balaban J connectivity index is 2.43. The van der Waals surface area contributed by atoms with Crippen LogP contribution in [0.5, 0.6) is 0 Å². The summed E-state index contributed by atoms with van der Waals surface area (Å²) in [6.07, 6.45) is 3.16. The van der Waals surface area contributed by atoms with Crippen LogP contribution < -0.4 is 5.32 Å². The predicted molar refractivity (Wildman–Crippen MR) is 81.0 cm³/mol. The van der Waals surface area contributed by atoms with Crippen LogP contribution in [0.2, 0.25) is 0 Å². The second-order valence-corrected chi connectivity index (χ2v) is 8.74. The number of sulfone groups is 1. The fourth-order valence-electron chi connectivity index (χ4n) is 2.54. The molecule has 1 N–H and O–H groups in total. The van der Waals surface area contributed by atoms with Crippen LogP contribution in [-0.4, -0.2) is 44.5 Å². The molecular weight excluding hydrogens is 266 g/mol. The summed E-state index contributed by atoms with van der Waals surface area (Å²) in [5.41, 5.74) is 0. The number of hydrogen-bond donors (Lipinski definition) is 1. The van der Waals surface area contributed by atoms with E-state index in [0.717, 1.165) is 43.9 Å². The highest BCUT2D eigenvalue weighted by atomic mass is 32.2. The molecule has 5 heteroatoms. The molecule has 1 saturated heterocycles. The normalized spacial score (nSPS) is 24.2. The van der Waals surface area contributed by atoms with Gasteiger partial charge in [0.1, 0.15) is 0 Å². The minimum Gasteiger partial charge on any atom is -0.316 e. The number of thioether (sulfide) groups is 1. The van der Waals surface area contributed by atoms with Crippen molar-refractivity contribution in [2.45, 2.75) is 33.1 Å². The number of hydrogen-bond acceptors (Lipinski definition) is 4. The van der Waals surface area contributed by atoms with Gasteiger partial charge in [-0.2, -0.15) is 11.8 Å². The minimum absolute atomic E-state index is 0.386. The molecule has 18 heavy (non-hydrogen) atoms. The van der Waals surface area contributed by atoms with Gasteiger partial charge in [-0.1, -0.05) is 13.8 Å². The maximum atomic E-state index is 11.6. The summed E-state index contributed by atoms with van der Waals surface area (Å²) < 4.78 is 23.2. The highest BCUT2D eigenvalue weighted by molar-refractivity contribution is 7.99. The maximum Gasteiger partial charge on any atom is 0.150 e. The SMILES string of the molecule is CCCNCC(CCSCC)C1CCS(=O)(=O)C1. The van der Waals surface area contributed by atoms with Gasteiger partial charge in [0.2, 0.25) is 0 Å². The molecule has 0 spiro atoms. The molecule has 1 rings (SSSR count). The van der Waals surface area contributed by atoms with E-state index in [4.69, 9.17) is 0 Å². The zero-order chi connectivity index (χ0) is 13.4. The largest absolute Gasteiger partial charge is 0.316 e. The lowest BCUT2D eigenvalue weighted by Crippen LogP contribution is -2.30. The standard InChI is InChI=1S/C13H27NO2S2/c1-3-7-14-10-12(5-8-17-4-2)13-6-9-18(15,16)11-13/h12-14H,3-11H2,1-2H3. The van der Waals surface area contributed by atoms with E-state index in [9.17, 15) is 8.42 Å². The van der Waals surface area contributed by atoms with Gasteiger partial charge in [0.05, 0.1) is 11.5 Å². The Morgan fingerprint density at radius 3 is 2.72 bits per heavy atom. The zero-order valence-electron chi connectivity index (χ0n) is 11.7. The number of nitrogens with one attached hydrogen (secondary N) is 1. The van der Waals surface area contributed by atoms with Crippen molar-refractivity contribution in [1.82, 2.24) is 5.32 Å². The number of rotatable bonds is 9. The highest BCUT2D eigenvalue weighted by Crippen LogP contribution is 2.28. The lowest BCUT2D eigenvalue weighted by atomic mass is 9.89. The summed E-state index contributed by atoms with van der Waals surface area (Å²) in [7, 11) is -2.74. The molecule has 1 aliphatic rings. The van der Waals surface area contributed by atoms with Crippen LogP contribution in [0.15, 0.2) is 0 Å². The summed E-state index contributed by atoms with van der Waals surface area (Å²) in [6.45, 7) is 6.36. The van der Waals surface area contributed by atoms with Crippen molar-refractivity contribution < 1.29 is 8.42 Å². The lowest BCUT2D eigenvalue weighted by molar-refractivity contribution is 0.338. The molecule has 0 saturated carbocycles. The van der Waals surface area contributed by atoms with Crippen LogP contribution in [-0.2, 0) is 9.84 Å². The highest BCUT2D eigenvalue weighted by Gasteiger charge is 2.33. The topological polar surface area (TPSA) is 46.2 Å². The van der Waals surface area contributed by atoms with Crippen LogP contribution in [0.25, 0.3) is 0 Å². The minimum atomic E-state index is -2.74. The Morgan fingerprint density at radius 1 is 1.39 bits per heavy atom. The van der Waals surface area contributed by atoms with Crippen LogP contribution in [0.3, 0.4) is 0 Å². The van der Waals surface area contributed by atoms with E-state index in [1.807, 2.05) is 11.8 Å². The maximum absolute atomic E-state index is 11.6. The summed E-state index contributed by atoms with van der Waals surface area (Å²) in [4.78, 5) is 0. The summed E-state index contributed by atoms with van der Waals surface area (Å²) in [5.74, 6) is 4.05. The van der Waals surface area contributed by atoms with Gasteiger partial charge >= 0.3 is 0 Å². The van der Waals surface area contributed by atoms with Crippen molar-refractivity contribution in [3.63, 3.8) is 0 Å². The summed E-state index contributed by atoms with van der Waals surface area (Å²) in [5, 5.41) is 3.46. The Kier molecular flexibility index (Phi) is 7.64. The van der Waals surface area contributed by atoms with Crippen molar-refractivity contribution in [3.05, 3.63) is 0 Å². The molecule has 1 aliphatic heterocycles. The molecule has 2 unspecified atom stereocenters. The van der Waals surface area contributed by atoms with Crippen molar-refractivity contribution in [3.8, 4) is 0 Å². The first-order chi connectivity index (χ1) is 8.59. The van der Waals surface area contributed by atoms with Gasteiger partial charge in [0.25, 0.3) is 0 Å². The fourth-order valence-corrected chi connectivity index (χ4v) is 5.22. The first-order valence-electron chi connectivity index (χ1n) is 7.08. The van der Waals surface area contributed by atoms with Gasteiger partial charge in [-0.3, -0.25) is 0 Å². The molecule has 0 amide bonds. The fraction of sp³-hybridized carbons (Fsp3) is 1.00. The first-order valence-corrected chi connectivity index (χ1v) is 10.1. The molecule has 0 aromatic carbocycles. The molecule has 0 aliphatic carbocycles. The summed E-state index contributed by atoms with van der Waals surface area (Å²) >= 11 is 1.96. The van der Waals surface area contributed by atoms with Gasteiger partial charge < -0.3 is 5.32 Å². The molecule has 1 heterocycles. The van der Waals surface area contributed by atoms with E-state index < -0.39 is 9.84 Å². The third-order valence-electron chi connectivity index (χ3n) is 3.60. The molecule has 0 bridgehead atoms. The predicted octanol–water partition coefficient (Wildman–Crippen LogP) is 2.18. The van der Waals surface area contributed by atoms with E-state index in [2.05, 4.69) is 19.2 Å². The second-order valence-electron chi connectivity index (χ2n) is 5.11. The van der Waals surface area contributed by atoms with E-state index >= 15 is 0 Å². The third-order valence-corrected chi connectivity index (χ3v) is 6.33. The van der Waals surface area contributed by atoms with Crippen LogP contribution >= 0.6 is 11.8 Å². The van der Waals surface area contributed by atoms with Crippen LogP contribution in [0, 0.1) is 11.8 Å². The van der Waals surface area contributed by atoms with Gasteiger partial charge in [-0.25, -0.2) is 8.42 Å². The molecule has 1 fully saturated rings. The molecule has 2 atom stereocenters. The van der Waals surface area contributed by atoms with Gasteiger partial charge in [0.15, 0.2) is 9.84 Å². The van der Waals surface area contributed by atoms with E-state index in [1.165, 1.54) is 0 Å². The Hall–Kier alpha value is 0.260. The van der Waals surface area contributed by atoms with E-state index in [-0.39, 0.29) is 0 Å². The molecule has 0 radical (unpaired) electrons. The molecule has 3 nitrogen and oxygen atoms in total. The van der Waals surface area contributed by atoms with Gasteiger partial charge in [0, 0.05) is 0 Å². The average molecular weight is 293 g/mol. The average Bonchev–Trinajstić information content (AvgIpc) is 2.68. The first kappa shape index (κ1) is 16.3. The van der Waals surface area contributed by atoms with E-state index in [0.29, 0.717) is 23.3 Å². The second kappa shape index (κ2) is 8.43. The molecular formula is C13H27NO2S2. The molecule has 0 aromatic rings. The Morgan fingerprint density at radius 2 is 2.17 bits per heavy atom. The van der Waals surface area contributed by atoms with Gasteiger partial charge in [-0.05, 0) is 55.7 Å². The Bertz CT molecular complexity index is 307. The van der Waals surface area contributed by atoms with Crippen LogP contribution in [0.1, 0.15) is 33.1 Å². The Labute approximate surface area is 116 Å². The molecule has 108 valence electrons. The quantitative estimate of drug-likeness (QED) is 0.662. The zero-order valence-corrected chi connectivity index (χ0v) is 13.3. The molecule has 0 aromatic heterocycles. The van der Waals surface area contributed by atoms with Crippen molar-refractivity contribution >= 4 is 21.6 Å². The summed E-state index contributed by atoms with van der Waals surface area (Å²) in [6, 6.07) is 0. The van der Waals surface area contributed by atoms with E-state index in [1.54, 1.807) is 0 Å². The van der Waals surface area contributed by atoms with Crippen molar-refractivity contribution in [1.29, 1.82) is 0 Å². The van der Waals surface area contributed by atoms with Crippen molar-refractivity contribution in [2.75, 3.05) is 36.1 Å². The van der Waals surface area contributed by atoms with Crippen molar-refractivity contribution in [2.24, 2.45) is 11.8 Å².